The summed E-state index contributed by atoms with van der Waals surface area (Å²) in [6, 6.07) is 3.06. The molecule has 0 aromatic heterocycles. The van der Waals surface area contributed by atoms with Gasteiger partial charge in [-0.25, -0.2) is 4.79 Å². The number of benzene rings is 1. The Balaban J connectivity index is 1.90. The van der Waals surface area contributed by atoms with Crippen molar-refractivity contribution in [3.05, 3.63) is 33.9 Å². The van der Waals surface area contributed by atoms with Gasteiger partial charge in [0.25, 0.3) is 5.69 Å². The van der Waals surface area contributed by atoms with E-state index in [-0.39, 0.29) is 18.7 Å². The van der Waals surface area contributed by atoms with Crippen LogP contribution in [0.15, 0.2) is 18.2 Å². The highest BCUT2D eigenvalue weighted by atomic mass is 16.6. The molecule has 26 heavy (non-hydrogen) atoms. The van der Waals surface area contributed by atoms with Crippen LogP contribution in [0, 0.1) is 15.5 Å². The van der Waals surface area contributed by atoms with Crippen LogP contribution in [0.2, 0.25) is 0 Å². The molecule has 1 N–H and O–H groups in total. The van der Waals surface area contributed by atoms with Gasteiger partial charge in [-0.15, -0.1) is 0 Å². The van der Waals surface area contributed by atoms with E-state index in [1.807, 2.05) is 4.90 Å². The number of nitrogens with one attached hydrogen (secondary N) is 1. The van der Waals surface area contributed by atoms with Gasteiger partial charge < -0.3 is 9.64 Å². The Labute approximate surface area is 147 Å². The SMILES string of the molecule is CN1C(=O)NC(=O)[C@]2(Cc3cc([N+](=O)[O-])ccc3N3CCOC[C@@H]32)C1=O. The number of non-ortho nitro benzene ring substituents is 1. The molecule has 1 aromatic rings. The fourth-order valence-corrected chi connectivity index (χ4v) is 4.06. The van der Waals surface area contributed by atoms with Crippen LogP contribution in [0.4, 0.5) is 16.2 Å². The van der Waals surface area contributed by atoms with Gasteiger partial charge in [0.1, 0.15) is 0 Å². The van der Waals surface area contributed by atoms with Gasteiger partial charge in [0.15, 0.2) is 5.41 Å². The van der Waals surface area contributed by atoms with Crippen molar-refractivity contribution in [2.45, 2.75) is 12.5 Å². The van der Waals surface area contributed by atoms with Gasteiger partial charge in [0.2, 0.25) is 11.8 Å². The predicted octanol–water partition coefficient (Wildman–Crippen LogP) is 0.0507. The van der Waals surface area contributed by atoms with Gasteiger partial charge >= 0.3 is 6.03 Å². The topological polar surface area (TPSA) is 122 Å². The number of barbiturate groups is 1. The molecule has 10 nitrogen and oxygen atoms in total. The van der Waals surface area contributed by atoms with Crippen LogP contribution in [0.25, 0.3) is 0 Å². The molecule has 4 amide bonds. The molecule has 1 spiro atoms. The molecule has 0 saturated carbocycles. The number of amides is 4. The third kappa shape index (κ3) is 2.05. The van der Waals surface area contributed by atoms with E-state index in [0.717, 1.165) is 10.6 Å². The maximum Gasteiger partial charge on any atom is 0.330 e. The van der Waals surface area contributed by atoms with Crippen LogP contribution in [0.3, 0.4) is 0 Å². The van der Waals surface area contributed by atoms with E-state index in [2.05, 4.69) is 5.32 Å². The first kappa shape index (κ1) is 16.5. The van der Waals surface area contributed by atoms with Crippen molar-refractivity contribution >= 4 is 29.2 Å². The van der Waals surface area contributed by atoms with Crippen molar-refractivity contribution in [1.82, 2.24) is 10.2 Å². The van der Waals surface area contributed by atoms with Gasteiger partial charge in [0.05, 0.1) is 24.2 Å². The fraction of sp³-hybridized carbons (Fsp3) is 0.438. The molecule has 3 aliphatic rings. The van der Waals surface area contributed by atoms with Gasteiger partial charge in [-0.05, 0) is 11.6 Å². The smallest absolute Gasteiger partial charge is 0.330 e. The monoisotopic (exact) mass is 360 g/mol. The molecule has 10 heteroatoms. The molecule has 1 aromatic carbocycles. The van der Waals surface area contributed by atoms with Crippen LogP contribution >= 0.6 is 0 Å². The van der Waals surface area contributed by atoms with Gasteiger partial charge in [-0.1, -0.05) is 0 Å². The average Bonchev–Trinajstić information content (AvgIpc) is 2.64. The largest absolute Gasteiger partial charge is 0.377 e. The number of nitrogens with zero attached hydrogens (tertiary/aromatic N) is 3. The molecule has 2 saturated heterocycles. The molecular weight excluding hydrogens is 344 g/mol. The number of rotatable bonds is 1. The lowest BCUT2D eigenvalue weighted by Gasteiger charge is -2.52. The zero-order valence-electron chi connectivity index (χ0n) is 13.9. The predicted molar refractivity (Wildman–Crippen MR) is 87.5 cm³/mol. The minimum Gasteiger partial charge on any atom is -0.377 e. The minimum atomic E-state index is -1.56. The highest BCUT2D eigenvalue weighted by Gasteiger charge is 2.62. The molecule has 136 valence electrons. The molecule has 3 heterocycles. The van der Waals surface area contributed by atoms with Gasteiger partial charge in [0, 0.05) is 37.8 Å². The van der Waals surface area contributed by atoms with E-state index in [1.54, 1.807) is 6.07 Å². The molecule has 0 bridgehead atoms. The molecular formula is C16H16N4O6. The van der Waals surface area contributed by atoms with Crippen LogP contribution in [-0.2, 0) is 20.7 Å². The number of carbonyl (C=O) groups excluding carboxylic acids is 3. The van der Waals surface area contributed by atoms with Gasteiger partial charge in [-0.2, -0.15) is 0 Å². The minimum absolute atomic E-state index is 0.0309. The van der Waals surface area contributed by atoms with E-state index in [0.29, 0.717) is 18.7 Å². The van der Waals surface area contributed by atoms with Crippen LogP contribution in [0.5, 0.6) is 0 Å². The zero-order valence-corrected chi connectivity index (χ0v) is 13.9. The second-order valence-electron chi connectivity index (χ2n) is 6.63. The lowest BCUT2D eigenvalue weighted by atomic mass is 9.68. The first-order valence-corrected chi connectivity index (χ1v) is 8.11. The Morgan fingerprint density at radius 2 is 2.12 bits per heavy atom. The van der Waals surface area contributed by atoms with E-state index >= 15 is 0 Å². The normalized spacial score (nSPS) is 27.9. The number of nitro groups is 1. The number of nitro benzene ring substituents is 1. The Hall–Kier alpha value is -3.01. The number of urea groups is 1. The third-order valence-electron chi connectivity index (χ3n) is 5.37. The number of ether oxygens (including phenoxy) is 1. The van der Waals surface area contributed by atoms with E-state index < -0.39 is 34.2 Å². The number of imide groups is 2. The molecule has 4 rings (SSSR count). The van der Waals surface area contributed by atoms with E-state index in [1.165, 1.54) is 19.2 Å². The second kappa shape index (κ2) is 5.49. The summed E-state index contributed by atoms with van der Waals surface area (Å²) in [4.78, 5) is 51.1. The number of anilines is 1. The number of carbonyl (C=O) groups is 3. The molecule has 3 aliphatic heterocycles. The quantitative estimate of drug-likeness (QED) is 0.426. The Morgan fingerprint density at radius 3 is 2.85 bits per heavy atom. The number of hydrogen-bond donors (Lipinski definition) is 1. The van der Waals surface area contributed by atoms with Crippen molar-refractivity contribution in [3.63, 3.8) is 0 Å². The van der Waals surface area contributed by atoms with E-state index in [9.17, 15) is 24.5 Å². The Morgan fingerprint density at radius 1 is 1.35 bits per heavy atom. The summed E-state index contributed by atoms with van der Waals surface area (Å²) in [5.74, 6) is -1.31. The lowest BCUT2D eigenvalue weighted by Crippen LogP contribution is -2.73. The molecule has 0 aliphatic carbocycles. The molecule has 2 atom stereocenters. The number of hydrogen-bond acceptors (Lipinski definition) is 7. The maximum absolute atomic E-state index is 13.0. The highest BCUT2D eigenvalue weighted by molar-refractivity contribution is 6.20. The number of fused-ring (bicyclic) bond motifs is 4. The number of morpholine rings is 1. The van der Waals surface area contributed by atoms with E-state index in [4.69, 9.17) is 4.74 Å². The van der Waals surface area contributed by atoms with Crippen molar-refractivity contribution in [2.24, 2.45) is 5.41 Å². The van der Waals surface area contributed by atoms with Crippen molar-refractivity contribution < 1.29 is 24.0 Å². The fourth-order valence-electron chi connectivity index (χ4n) is 4.06. The Kier molecular flexibility index (Phi) is 3.48. The first-order chi connectivity index (χ1) is 12.4. The second-order valence-corrected chi connectivity index (χ2v) is 6.63. The summed E-state index contributed by atoms with van der Waals surface area (Å²) < 4.78 is 5.52. The van der Waals surface area contributed by atoms with Crippen LogP contribution in [-0.4, -0.2) is 60.5 Å². The van der Waals surface area contributed by atoms with Crippen molar-refractivity contribution in [3.8, 4) is 0 Å². The Bertz CT molecular complexity index is 855. The third-order valence-corrected chi connectivity index (χ3v) is 5.37. The highest BCUT2D eigenvalue weighted by Crippen LogP contribution is 2.45. The molecule has 0 radical (unpaired) electrons. The molecule has 2 fully saturated rings. The van der Waals surface area contributed by atoms with Crippen LogP contribution < -0.4 is 10.2 Å². The summed E-state index contributed by atoms with van der Waals surface area (Å²) in [5, 5.41) is 13.4. The van der Waals surface area contributed by atoms with Crippen molar-refractivity contribution in [2.75, 3.05) is 31.7 Å². The van der Waals surface area contributed by atoms with Crippen LogP contribution in [0.1, 0.15) is 5.56 Å². The summed E-state index contributed by atoms with van der Waals surface area (Å²) in [5.41, 5.74) is -0.400. The zero-order chi connectivity index (χ0) is 18.6. The summed E-state index contributed by atoms with van der Waals surface area (Å²) in [6.45, 7) is 1.00. The average molecular weight is 360 g/mol. The summed E-state index contributed by atoms with van der Waals surface area (Å²) >= 11 is 0. The first-order valence-electron chi connectivity index (χ1n) is 8.11. The van der Waals surface area contributed by atoms with Crippen molar-refractivity contribution in [1.29, 1.82) is 0 Å². The standard InChI is InChI=1S/C16H16N4O6/c1-18-14(22)16(13(21)17-15(18)23)7-9-6-10(20(24)25)2-3-11(9)19-4-5-26-8-12(16)19/h2-3,6,12H,4-5,7-8H2,1H3,(H,17,21,23)/t12-,16-/m1/s1. The summed E-state index contributed by atoms with van der Waals surface area (Å²) in [7, 11) is 1.31. The lowest BCUT2D eigenvalue weighted by molar-refractivity contribution is -0.384. The summed E-state index contributed by atoms with van der Waals surface area (Å²) in [6.07, 6.45) is -0.0309. The van der Waals surface area contributed by atoms with Gasteiger partial charge in [-0.3, -0.25) is 29.9 Å². The molecule has 0 unspecified atom stereocenters. The maximum atomic E-state index is 13.0.